The smallest absolute Gasteiger partial charge is 0.365 e. The normalized spacial score (nSPS) is 13.2. The zero-order chi connectivity index (χ0) is 28.3. The summed E-state index contributed by atoms with van der Waals surface area (Å²) in [4.78, 5) is 28.6. The Bertz CT molecular complexity index is 1580. The summed E-state index contributed by atoms with van der Waals surface area (Å²) < 4.78 is 82.6. The highest BCUT2D eigenvalue weighted by Gasteiger charge is 2.37. The van der Waals surface area contributed by atoms with Crippen LogP contribution in [0, 0.1) is 13.8 Å². The number of halogens is 6. The number of carbonyl (C=O) groups excluding carboxylic acids is 2. The summed E-state index contributed by atoms with van der Waals surface area (Å²) in [6.07, 6.45) is -8.25. The number of nitrogens with one attached hydrogen (secondary N) is 1. The SMILES string of the molecule is Cc1c(-c2cc(C(F)(F)F)nc3sc(C(N)=O)c(NC(=O)C(C)n4nc(C(F)(F)F)cc4C)c23)cnn1C. The molecule has 0 aliphatic rings. The van der Waals surface area contributed by atoms with Gasteiger partial charge in [-0.15, -0.1) is 11.3 Å². The van der Waals surface area contributed by atoms with E-state index >= 15 is 0 Å². The van der Waals surface area contributed by atoms with E-state index in [2.05, 4.69) is 20.5 Å². The molecule has 0 spiro atoms. The van der Waals surface area contributed by atoms with Gasteiger partial charge in [0.2, 0.25) is 5.91 Å². The molecule has 4 rings (SSSR count). The maximum Gasteiger partial charge on any atom is 0.435 e. The molecule has 4 aromatic heterocycles. The van der Waals surface area contributed by atoms with Gasteiger partial charge in [0.15, 0.2) is 5.69 Å². The predicted octanol–water partition coefficient (Wildman–Crippen LogP) is 4.85. The molecule has 0 aliphatic heterocycles. The standard InChI is InChI=1S/C22H19F6N7O2S/c1-8-5-14(22(26,27)28)33-35(8)10(3)19(37)32-16-15-11(12-7-30-34(4)9(12)2)6-13(21(23,24)25)31-20(15)38-17(16)18(29)36/h5-7,10H,1-4H3,(H2,29,36)(H,32,37). The zero-order valence-electron chi connectivity index (χ0n) is 20.1. The van der Waals surface area contributed by atoms with Crippen molar-refractivity contribution >= 4 is 39.1 Å². The van der Waals surface area contributed by atoms with Crippen molar-refractivity contribution in [3.8, 4) is 11.1 Å². The van der Waals surface area contributed by atoms with Crippen molar-refractivity contribution in [2.24, 2.45) is 12.8 Å². The second-order valence-corrected chi connectivity index (χ2v) is 9.45. The number of hydrogen-bond donors (Lipinski definition) is 2. The number of carbonyl (C=O) groups is 2. The molecular formula is C22H19F6N7O2S. The lowest BCUT2D eigenvalue weighted by Gasteiger charge is -2.16. The average molecular weight is 559 g/mol. The van der Waals surface area contributed by atoms with E-state index in [4.69, 9.17) is 5.73 Å². The number of alkyl halides is 6. The lowest BCUT2D eigenvalue weighted by atomic mass is 10.0. The van der Waals surface area contributed by atoms with Crippen molar-refractivity contribution < 1.29 is 35.9 Å². The minimum Gasteiger partial charge on any atom is -0.365 e. The van der Waals surface area contributed by atoms with E-state index in [1.165, 1.54) is 24.7 Å². The van der Waals surface area contributed by atoms with Crippen LogP contribution in [0.3, 0.4) is 0 Å². The van der Waals surface area contributed by atoms with Crippen LogP contribution in [-0.2, 0) is 24.2 Å². The first-order valence-corrected chi connectivity index (χ1v) is 11.6. The molecular weight excluding hydrogens is 540 g/mol. The molecule has 0 aromatic carbocycles. The third kappa shape index (κ3) is 4.70. The van der Waals surface area contributed by atoms with Crippen LogP contribution in [0.4, 0.5) is 32.0 Å². The van der Waals surface area contributed by atoms with E-state index in [9.17, 15) is 35.9 Å². The Morgan fingerprint density at radius 1 is 1.05 bits per heavy atom. The number of anilines is 1. The number of aryl methyl sites for hydroxylation is 2. The average Bonchev–Trinajstić information content (AvgIpc) is 3.47. The van der Waals surface area contributed by atoms with Crippen molar-refractivity contribution in [2.75, 3.05) is 5.32 Å². The number of hydrogen-bond acceptors (Lipinski definition) is 6. The molecule has 0 fully saturated rings. The van der Waals surface area contributed by atoms with Crippen LogP contribution in [0.25, 0.3) is 21.3 Å². The summed E-state index contributed by atoms with van der Waals surface area (Å²) in [6, 6.07) is 0.244. The van der Waals surface area contributed by atoms with Gasteiger partial charge in [-0.3, -0.25) is 19.0 Å². The summed E-state index contributed by atoms with van der Waals surface area (Å²) >= 11 is 0.545. The number of nitrogens with zero attached hydrogens (tertiary/aromatic N) is 5. The molecule has 38 heavy (non-hydrogen) atoms. The molecule has 0 saturated carbocycles. The largest absolute Gasteiger partial charge is 0.435 e. The monoisotopic (exact) mass is 559 g/mol. The van der Waals surface area contributed by atoms with Crippen molar-refractivity contribution in [3.05, 3.63) is 46.0 Å². The first kappa shape index (κ1) is 27.1. The number of nitrogens with two attached hydrogens (primary N) is 1. The van der Waals surface area contributed by atoms with Gasteiger partial charge in [-0.25, -0.2) is 4.98 Å². The molecule has 1 unspecified atom stereocenters. The first-order valence-electron chi connectivity index (χ1n) is 10.8. The lowest BCUT2D eigenvalue weighted by Crippen LogP contribution is -2.26. The van der Waals surface area contributed by atoms with Crippen molar-refractivity contribution in [2.45, 2.75) is 39.2 Å². The summed E-state index contributed by atoms with van der Waals surface area (Å²) in [6.45, 7) is 4.22. The highest BCUT2D eigenvalue weighted by molar-refractivity contribution is 7.21. The number of thiophene rings is 1. The fourth-order valence-electron chi connectivity index (χ4n) is 3.87. The Labute approximate surface area is 214 Å². The van der Waals surface area contributed by atoms with Gasteiger partial charge in [0.05, 0.1) is 11.9 Å². The number of pyridine rings is 1. The van der Waals surface area contributed by atoms with Gasteiger partial charge in [-0.05, 0) is 38.5 Å². The third-order valence-electron chi connectivity index (χ3n) is 5.91. The van der Waals surface area contributed by atoms with Gasteiger partial charge >= 0.3 is 12.4 Å². The molecule has 0 bridgehead atoms. The fourth-order valence-corrected chi connectivity index (χ4v) is 4.88. The minimum absolute atomic E-state index is 0.00150. The van der Waals surface area contributed by atoms with Crippen LogP contribution >= 0.6 is 11.3 Å². The number of aromatic nitrogens is 5. The summed E-state index contributed by atoms with van der Waals surface area (Å²) in [7, 11) is 1.58. The van der Waals surface area contributed by atoms with E-state index in [0.29, 0.717) is 17.0 Å². The van der Waals surface area contributed by atoms with Crippen molar-refractivity contribution in [1.29, 1.82) is 0 Å². The van der Waals surface area contributed by atoms with E-state index in [-0.39, 0.29) is 37.6 Å². The Hall–Kier alpha value is -3.95. The molecule has 3 N–H and O–H groups in total. The molecule has 0 aliphatic carbocycles. The van der Waals surface area contributed by atoms with Crippen LogP contribution in [0.5, 0.6) is 0 Å². The van der Waals surface area contributed by atoms with Crippen molar-refractivity contribution in [3.63, 3.8) is 0 Å². The second kappa shape index (κ2) is 9.11. The van der Waals surface area contributed by atoms with E-state index < -0.39 is 41.6 Å². The van der Waals surface area contributed by atoms with Gasteiger partial charge in [0, 0.05) is 29.4 Å². The van der Waals surface area contributed by atoms with Gasteiger partial charge in [0.1, 0.15) is 21.4 Å². The Morgan fingerprint density at radius 2 is 1.68 bits per heavy atom. The second-order valence-electron chi connectivity index (χ2n) is 8.45. The summed E-state index contributed by atoms with van der Waals surface area (Å²) in [5.74, 6) is -1.94. The molecule has 0 radical (unpaired) electrons. The van der Waals surface area contributed by atoms with Crippen LogP contribution in [0.2, 0.25) is 0 Å². The van der Waals surface area contributed by atoms with E-state index in [1.807, 2.05) is 0 Å². The Balaban J connectivity index is 1.90. The lowest BCUT2D eigenvalue weighted by molar-refractivity contribution is -0.142. The number of amides is 2. The molecule has 2 amide bonds. The van der Waals surface area contributed by atoms with Crippen LogP contribution in [-0.4, -0.2) is 36.4 Å². The van der Waals surface area contributed by atoms with Gasteiger partial charge in [0.25, 0.3) is 5.91 Å². The summed E-state index contributed by atoms with van der Waals surface area (Å²) in [5, 5.41) is 9.99. The number of rotatable bonds is 5. The number of primary amides is 1. The maximum atomic E-state index is 13.7. The Morgan fingerprint density at radius 3 is 2.18 bits per heavy atom. The zero-order valence-corrected chi connectivity index (χ0v) is 20.9. The quantitative estimate of drug-likeness (QED) is 0.339. The fraction of sp³-hybridized carbons (Fsp3) is 0.318. The highest BCUT2D eigenvalue weighted by Crippen LogP contribution is 2.44. The molecule has 4 heterocycles. The minimum atomic E-state index is -4.83. The van der Waals surface area contributed by atoms with Gasteiger partial charge < -0.3 is 11.1 Å². The Kier molecular flexibility index (Phi) is 6.49. The molecule has 4 aromatic rings. The van der Waals surface area contributed by atoms with E-state index in [1.54, 1.807) is 14.0 Å². The van der Waals surface area contributed by atoms with Crippen LogP contribution in [0.15, 0.2) is 18.3 Å². The van der Waals surface area contributed by atoms with Gasteiger partial charge in [-0.1, -0.05) is 0 Å². The third-order valence-corrected chi connectivity index (χ3v) is 7.01. The van der Waals surface area contributed by atoms with Crippen LogP contribution < -0.4 is 11.1 Å². The molecule has 9 nitrogen and oxygen atoms in total. The number of fused-ring (bicyclic) bond motifs is 1. The molecule has 1 atom stereocenters. The summed E-state index contributed by atoms with van der Waals surface area (Å²) in [5.41, 5.74) is 3.60. The maximum absolute atomic E-state index is 13.7. The van der Waals surface area contributed by atoms with E-state index in [0.717, 1.165) is 16.8 Å². The van der Waals surface area contributed by atoms with Crippen LogP contribution in [0.1, 0.15) is 45.4 Å². The van der Waals surface area contributed by atoms with Crippen molar-refractivity contribution in [1.82, 2.24) is 24.5 Å². The molecule has 202 valence electrons. The highest BCUT2D eigenvalue weighted by atomic mass is 32.1. The first-order chi connectivity index (χ1) is 17.5. The topological polar surface area (TPSA) is 121 Å². The van der Waals surface area contributed by atoms with Gasteiger partial charge in [-0.2, -0.15) is 36.5 Å². The molecule has 0 saturated heterocycles. The molecule has 16 heteroatoms. The predicted molar refractivity (Wildman–Crippen MR) is 125 cm³/mol.